The van der Waals surface area contributed by atoms with Crippen LogP contribution in [0.3, 0.4) is 0 Å². The van der Waals surface area contributed by atoms with Crippen LogP contribution in [0.1, 0.15) is 17.7 Å². The van der Waals surface area contributed by atoms with Crippen molar-refractivity contribution in [2.75, 3.05) is 0 Å². The molecule has 1 aromatic carbocycles. The zero-order chi connectivity index (χ0) is 22.9. The van der Waals surface area contributed by atoms with Crippen molar-refractivity contribution < 1.29 is 14.5 Å². The average molecular weight is 441 g/mol. The Labute approximate surface area is 188 Å². The number of fused-ring (bicyclic) bond motifs is 6. The molecule has 1 saturated carbocycles. The molecular weight excluding hydrogens is 422 g/mol. The third kappa shape index (κ3) is 2.71. The van der Waals surface area contributed by atoms with Crippen molar-refractivity contribution in [3.05, 3.63) is 76.1 Å². The largest absolute Gasteiger partial charge is 0.298 e. The Hall–Kier alpha value is -4.14. The molecule has 9 heteroatoms. The van der Waals surface area contributed by atoms with Crippen LogP contribution >= 0.6 is 0 Å². The predicted molar refractivity (Wildman–Crippen MR) is 120 cm³/mol. The number of nitrogens with zero attached hydrogens (tertiary/aromatic N) is 5. The fourth-order valence-corrected chi connectivity index (χ4v) is 5.58. The summed E-state index contributed by atoms with van der Waals surface area (Å²) in [4.78, 5) is 40.7. The lowest BCUT2D eigenvalue weighted by Crippen LogP contribution is -2.28. The zero-order valence-electron chi connectivity index (χ0n) is 17.7. The molecule has 1 aliphatic heterocycles. The standard InChI is InChI=1S/C24H19N5O4/c1-13-18(12-26-28-23(30)21-14-6-7-15(10-14)22(21)24(28)31)17-4-2-3-5-19(17)27(13)20-9-8-16(11-25-20)29(32)33/h2-9,11-12,14-15,21-22H,10H2,1H3. The number of carbonyl (C=O) groups excluding carboxylic acids is 2. The molecule has 4 atom stereocenters. The third-order valence-electron chi connectivity index (χ3n) is 7.08. The van der Waals surface area contributed by atoms with Gasteiger partial charge in [-0.15, -0.1) is 0 Å². The zero-order valence-corrected chi connectivity index (χ0v) is 17.7. The van der Waals surface area contributed by atoms with Gasteiger partial charge in [0.25, 0.3) is 17.5 Å². The number of allylic oxidation sites excluding steroid dienone is 2. The lowest BCUT2D eigenvalue weighted by atomic mass is 9.85. The van der Waals surface area contributed by atoms with Gasteiger partial charge in [0.2, 0.25) is 0 Å². The van der Waals surface area contributed by atoms with E-state index in [-0.39, 0.29) is 41.2 Å². The molecule has 3 aliphatic rings. The molecule has 2 bridgehead atoms. The van der Waals surface area contributed by atoms with E-state index in [4.69, 9.17) is 0 Å². The van der Waals surface area contributed by atoms with E-state index in [0.717, 1.165) is 33.6 Å². The molecule has 33 heavy (non-hydrogen) atoms. The van der Waals surface area contributed by atoms with Crippen molar-refractivity contribution >= 4 is 34.6 Å². The molecule has 3 heterocycles. The molecule has 0 N–H and O–H groups in total. The van der Waals surface area contributed by atoms with E-state index < -0.39 is 4.92 Å². The van der Waals surface area contributed by atoms with Crippen LogP contribution < -0.4 is 0 Å². The number of carbonyl (C=O) groups is 2. The summed E-state index contributed by atoms with van der Waals surface area (Å²) in [5.41, 5.74) is 2.30. The molecule has 164 valence electrons. The lowest BCUT2D eigenvalue weighted by molar-refractivity contribution is -0.385. The van der Waals surface area contributed by atoms with Crippen LogP contribution in [0.25, 0.3) is 16.7 Å². The molecule has 9 nitrogen and oxygen atoms in total. The highest BCUT2D eigenvalue weighted by Gasteiger charge is 2.59. The van der Waals surface area contributed by atoms with Crippen LogP contribution in [0.5, 0.6) is 0 Å². The molecule has 1 saturated heterocycles. The number of aromatic nitrogens is 2. The van der Waals surface area contributed by atoms with E-state index in [1.807, 2.05) is 35.8 Å². The van der Waals surface area contributed by atoms with Crippen LogP contribution in [0.2, 0.25) is 0 Å². The maximum atomic E-state index is 13.0. The fourth-order valence-electron chi connectivity index (χ4n) is 5.58. The van der Waals surface area contributed by atoms with Gasteiger partial charge < -0.3 is 0 Å². The number of para-hydroxylation sites is 1. The highest BCUT2D eigenvalue weighted by atomic mass is 16.6. The Morgan fingerprint density at radius 2 is 1.79 bits per heavy atom. The Bertz CT molecular complexity index is 1370. The van der Waals surface area contributed by atoms with E-state index in [2.05, 4.69) is 22.2 Å². The molecule has 2 aromatic heterocycles. The van der Waals surface area contributed by atoms with Gasteiger partial charge >= 0.3 is 0 Å². The number of imide groups is 1. The Kier molecular flexibility index (Phi) is 4.10. The first-order valence-corrected chi connectivity index (χ1v) is 10.8. The van der Waals surface area contributed by atoms with Gasteiger partial charge in [-0.2, -0.15) is 10.1 Å². The predicted octanol–water partition coefficient (Wildman–Crippen LogP) is 3.38. The first kappa shape index (κ1) is 19.5. The fraction of sp³-hybridized carbons (Fsp3) is 0.250. The number of hydrogen-bond donors (Lipinski definition) is 0. The summed E-state index contributed by atoms with van der Waals surface area (Å²) in [6, 6.07) is 10.6. The SMILES string of the molecule is Cc1c(C=NN2C(=O)C3C4C=CC(C4)C3C2=O)c2ccccc2n1-c1ccc([N+](=O)[O-])cn1. The molecule has 2 fully saturated rings. The summed E-state index contributed by atoms with van der Waals surface area (Å²) in [5.74, 6) is -0.248. The van der Waals surface area contributed by atoms with Crippen LogP contribution in [0.15, 0.2) is 59.8 Å². The van der Waals surface area contributed by atoms with Crippen LogP contribution in [0, 0.1) is 40.7 Å². The van der Waals surface area contributed by atoms with Crippen molar-refractivity contribution in [3.8, 4) is 5.82 Å². The summed E-state index contributed by atoms with van der Waals surface area (Å²) in [6.45, 7) is 1.89. The number of hydrazone groups is 1. The summed E-state index contributed by atoms with van der Waals surface area (Å²) < 4.78 is 1.88. The number of benzene rings is 1. The smallest absolute Gasteiger partial charge is 0.287 e. The average Bonchev–Trinajstić information content (AvgIpc) is 3.55. The van der Waals surface area contributed by atoms with Gasteiger partial charge in [-0.3, -0.25) is 24.3 Å². The summed E-state index contributed by atoms with van der Waals surface area (Å²) in [5, 5.41) is 17.3. The molecule has 0 spiro atoms. The number of hydrogen-bond acceptors (Lipinski definition) is 6. The number of rotatable bonds is 4. The first-order chi connectivity index (χ1) is 16.0. The molecular formula is C24H19N5O4. The van der Waals surface area contributed by atoms with Crippen LogP contribution in [-0.2, 0) is 9.59 Å². The van der Waals surface area contributed by atoms with E-state index >= 15 is 0 Å². The third-order valence-corrected chi connectivity index (χ3v) is 7.08. The maximum Gasteiger partial charge on any atom is 0.287 e. The highest BCUT2D eigenvalue weighted by molar-refractivity contribution is 6.08. The molecule has 4 unspecified atom stereocenters. The molecule has 3 aromatic rings. The second kappa shape index (κ2) is 6.93. The summed E-state index contributed by atoms with van der Waals surface area (Å²) in [7, 11) is 0. The molecule has 2 amide bonds. The lowest BCUT2D eigenvalue weighted by Gasteiger charge is -2.13. The van der Waals surface area contributed by atoms with Crippen molar-refractivity contribution in [2.24, 2.45) is 28.8 Å². The first-order valence-electron chi connectivity index (χ1n) is 10.8. The highest BCUT2D eigenvalue weighted by Crippen LogP contribution is 2.52. The van der Waals surface area contributed by atoms with Crippen molar-refractivity contribution in [3.63, 3.8) is 0 Å². The quantitative estimate of drug-likeness (QED) is 0.203. The molecule has 2 aliphatic carbocycles. The van der Waals surface area contributed by atoms with Crippen molar-refractivity contribution in [2.45, 2.75) is 13.3 Å². The van der Waals surface area contributed by atoms with Gasteiger partial charge in [-0.1, -0.05) is 30.4 Å². The Balaban J connectivity index is 1.40. The van der Waals surface area contributed by atoms with Crippen molar-refractivity contribution in [1.82, 2.24) is 14.6 Å². The van der Waals surface area contributed by atoms with Crippen molar-refractivity contribution in [1.29, 1.82) is 0 Å². The minimum atomic E-state index is -0.489. The van der Waals surface area contributed by atoms with Gasteiger partial charge in [-0.05, 0) is 37.3 Å². The normalized spacial score (nSPS) is 25.7. The van der Waals surface area contributed by atoms with E-state index in [0.29, 0.717) is 5.82 Å². The monoisotopic (exact) mass is 441 g/mol. The second-order valence-electron chi connectivity index (χ2n) is 8.72. The van der Waals surface area contributed by atoms with Gasteiger partial charge in [-0.25, -0.2) is 4.98 Å². The number of nitro groups is 1. The number of amides is 2. The Morgan fingerprint density at radius 1 is 1.09 bits per heavy atom. The molecule has 6 rings (SSSR count). The topological polar surface area (TPSA) is 111 Å². The minimum Gasteiger partial charge on any atom is -0.298 e. The van der Waals surface area contributed by atoms with Gasteiger partial charge in [0.15, 0.2) is 0 Å². The Morgan fingerprint density at radius 3 is 2.42 bits per heavy atom. The van der Waals surface area contributed by atoms with E-state index in [9.17, 15) is 19.7 Å². The van der Waals surface area contributed by atoms with Gasteiger partial charge in [0.05, 0.1) is 28.5 Å². The van der Waals surface area contributed by atoms with Gasteiger partial charge in [0.1, 0.15) is 12.0 Å². The van der Waals surface area contributed by atoms with Crippen LogP contribution in [0.4, 0.5) is 5.69 Å². The second-order valence-corrected chi connectivity index (χ2v) is 8.72. The van der Waals surface area contributed by atoms with E-state index in [1.54, 1.807) is 12.3 Å². The van der Waals surface area contributed by atoms with E-state index in [1.165, 1.54) is 12.3 Å². The minimum absolute atomic E-state index is 0.0882. The maximum absolute atomic E-state index is 13.0. The number of pyridine rings is 1. The van der Waals surface area contributed by atoms with Crippen LogP contribution in [-0.4, -0.2) is 37.5 Å². The molecule has 0 radical (unpaired) electrons. The summed E-state index contributed by atoms with van der Waals surface area (Å²) in [6.07, 6.45) is 7.77. The summed E-state index contributed by atoms with van der Waals surface area (Å²) >= 11 is 0. The van der Waals surface area contributed by atoms with Gasteiger partial charge in [0, 0.05) is 22.7 Å².